The Labute approximate surface area is 150 Å². The topological polar surface area (TPSA) is 103 Å². The molecule has 2 atom stereocenters. The Morgan fingerprint density at radius 1 is 1.38 bits per heavy atom. The van der Waals surface area contributed by atoms with Crippen LogP contribution in [0.4, 0.5) is 0 Å². The molecule has 1 fully saturated rings. The smallest absolute Gasteiger partial charge is 0.335 e. The van der Waals surface area contributed by atoms with Crippen LogP contribution >= 0.6 is 0 Å². The molecule has 1 amide bonds. The van der Waals surface area contributed by atoms with E-state index < -0.39 is 5.97 Å². The van der Waals surface area contributed by atoms with Gasteiger partial charge < -0.3 is 24.5 Å². The maximum Gasteiger partial charge on any atom is 0.335 e. The summed E-state index contributed by atoms with van der Waals surface area (Å²) in [5, 5.41) is 11.9. The lowest BCUT2D eigenvalue weighted by molar-refractivity contribution is -0.124. The third kappa shape index (κ3) is 4.40. The van der Waals surface area contributed by atoms with Gasteiger partial charge in [0.1, 0.15) is 24.2 Å². The van der Waals surface area contributed by atoms with E-state index in [-0.39, 0.29) is 30.2 Å². The van der Waals surface area contributed by atoms with Crippen molar-refractivity contribution in [2.75, 3.05) is 13.2 Å². The highest BCUT2D eigenvalue weighted by Gasteiger charge is 2.29. The molecule has 1 aromatic carbocycles. The Kier molecular flexibility index (Phi) is 5.52. The van der Waals surface area contributed by atoms with Crippen molar-refractivity contribution < 1.29 is 24.2 Å². The highest BCUT2D eigenvalue weighted by atomic mass is 16.5. The van der Waals surface area contributed by atoms with Crippen molar-refractivity contribution in [3.8, 4) is 5.75 Å². The van der Waals surface area contributed by atoms with Crippen molar-refractivity contribution >= 4 is 11.9 Å². The lowest BCUT2D eigenvalue weighted by Gasteiger charge is -2.32. The Bertz CT molecular complexity index is 771. The molecule has 2 N–H and O–H groups in total. The summed E-state index contributed by atoms with van der Waals surface area (Å²) in [6, 6.07) is 5.99. The van der Waals surface area contributed by atoms with Crippen LogP contribution in [0.2, 0.25) is 0 Å². The fourth-order valence-electron chi connectivity index (χ4n) is 2.82. The fourth-order valence-corrected chi connectivity index (χ4v) is 2.82. The number of imidazole rings is 1. The summed E-state index contributed by atoms with van der Waals surface area (Å²) in [4.78, 5) is 27.3. The first kappa shape index (κ1) is 17.9. The van der Waals surface area contributed by atoms with Crippen LogP contribution in [0.5, 0.6) is 5.75 Å². The number of amides is 1. The van der Waals surface area contributed by atoms with E-state index in [4.69, 9.17) is 14.6 Å². The summed E-state index contributed by atoms with van der Waals surface area (Å²) in [6.07, 6.45) is 3.72. The third-order valence-electron chi connectivity index (χ3n) is 4.28. The molecule has 26 heavy (non-hydrogen) atoms. The van der Waals surface area contributed by atoms with Crippen LogP contribution in [-0.2, 0) is 16.1 Å². The van der Waals surface area contributed by atoms with Gasteiger partial charge in [-0.05, 0) is 37.6 Å². The largest absolute Gasteiger partial charge is 0.486 e. The van der Waals surface area contributed by atoms with E-state index in [0.717, 1.165) is 5.82 Å². The van der Waals surface area contributed by atoms with Crippen molar-refractivity contribution in [1.82, 2.24) is 14.9 Å². The Balaban J connectivity index is 1.61. The molecular weight excluding hydrogens is 338 g/mol. The number of carbonyl (C=O) groups is 2. The number of ether oxygens (including phenoxy) is 2. The highest BCUT2D eigenvalue weighted by molar-refractivity contribution is 5.87. The van der Waals surface area contributed by atoms with Gasteiger partial charge in [0.2, 0.25) is 5.91 Å². The van der Waals surface area contributed by atoms with Gasteiger partial charge in [-0.15, -0.1) is 0 Å². The summed E-state index contributed by atoms with van der Waals surface area (Å²) < 4.78 is 13.2. The maximum absolute atomic E-state index is 12.3. The molecule has 1 saturated heterocycles. The quantitative estimate of drug-likeness (QED) is 0.804. The van der Waals surface area contributed by atoms with Gasteiger partial charge in [0.05, 0.1) is 18.2 Å². The minimum absolute atomic E-state index is 0.118. The van der Waals surface area contributed by atoms with Gasteiger partial charge in [0.25, 0.3) is 0 Å². The number of aryl methyl sites for hydroxylation is 1. The number of nitrogens with zero attached hydrogens (tertiary/aromatic N) is 2. The van der Waals surface area contributed by atoms with Crippen LogP contribution in [0.1, 0.15) is 22.6 Å². The van der Waals surface area contributed by atoms with Crippen LogP contribution in [0.3, 0.4) is 0 Å². The molecule has 8 nitrogen and oxygen atoms in total. The Morgan fingerprint density at radius 3 is 2.81 bits per heavy atom. The molecule has 1 aromatic heterocycles. The van der Waals surface area contributed by atoms with Gasteiger partial charge in [-0.25, -0.2) is 9.78 Å². The van der Waals surface area contributed by atoms with E-state index in [9.17, 15) is 9.59 Å². The Hall–Kier alpha value is -2.87. The fraction of sp³-hybridized carbons (Fsp3) is 0.389. The number of carbonyl (C=O) groups excluding carboxylic acids is 1. The molecule has 0 saturated carbocycles. The second-order valence-corrected chi connectivity index (χ2v) is 6.13. The van der Waals surface area contributed by atoms with E-state index in [1.54, 1.807) is 29.1 Å². The second-order valence-electron chi connectivity index (χ2n) is 6.13. The SMILES string of the molecule is Cc1nccn1CC(=O)N[C@@H]1CCOC[C@H]1Oc1ccc(C(=O)O)cc1. The van der Waals surface area contributed by atoms with Crippen molar-refractivity contribution in [3.63, 3.8) is 0 Å². The summed E-state index contributed by atoms with van der Waals surface area (Å²) in [5.74, 6) is 0.207. The number of benzene rings is 1. The first-order valence-electron chi connectivity index (χ1n) is 8.38. The zero-order valence-electron chi connectivity index (χ0n) is 14.4. The van der Waals surface area contributed by atoms with Crippen LogP contribution < -0.4 is 10.1 Å². The monoisotopic (exact) mass is 359 g/mol. The van der Waals surface area contributed by atoms with Gasteiger partial charge in [0, 0.05) is 19.0 Å². The van der Waals surface area contributed by atoms with Crippen LogP contribution in [0.15, 0.2) is 36.7 Å². The number of hydrogen-bond acceptors (Lipinski definition) is 5. The van der Waals surface area contributed by atoms with Crippen molar-refractivity contribution in [3.05, 3.63) is 48.0 Å². The molecule has 0 spiro atoms. The zero-order valence-corrected chi connectivity index (χ0v) is 14.4. The summed E-state index contributed by atoms with van der Waals surface area (Å²) in [7, 11) is 0. The van der Waals surface area contributed by atoms with Crippen LogP contribution in [0, 0.1) is 6.92 Å². The molecule has 3 rings (SSSR count). The van der Waals surface area contributed by atoms with Crippen molar-refractivity contribution in [1.29, 1.82) is 0 Å². The normalized spacial score (nSPS) is 19.7. The van der Waals surface area contributed by atoms with Crippen LogP contribution in [0.25, 0.3) is 0 Å². The van der Waals surface area contributed by atoms with Gasteiger partial charge in [0.15, 0.2) is 0 Å². The molecule has 0 unspecified atom stereocenters. The van der Waals surface area contributed by atoms with E-state index in [1.165, 1.54) is 12.1 Å². The van der Waals surface area contributed by atoms with Gasteiger partial charge in [-0.3, -0.25) is 4.79 Å². The predicted molar refractivity (Wildman–Crippen MR) is 92.1 cm³/mol. The zero-order chi connectivity index (χ0) is 18.5. The Morgan fingerprint density at radius 2 is 2.15 bits per heavy atom. The summed E-state index contributed by atoms with van der Waals surface area (Å²) >= 11 is 0. The number of carboxylic acids is 1. The minimum atomic E-state index is -0.988. The van der Waals surface area contributed by atoms with Crippen molar-refractivity contribution in [2.45, 2.75) is 32.0 Å². The second kappa shape index (κ2) is 8.01. The number of rotatable bonds is 6. The molecule has 0 aliphatic carbocycles. The molecule has 1 aliphatic heterocycles. The first-order valence-corrected chi connectivity index (χ1v) is 8.38. The average Bonchev–Trinajstić information content (AvgIpc) is 3.02. The van der Waals surface area contributed by atoms with E-state index >= 15 is 0 Å². The van der Waals surface area contributed by atoms with Gasteiger partial charge in [-0.1, -0.05) is 0 Å². The molecule has 8 heteroatoms. The number of aromatic carboxylic acids is 1. The number of aromatic nitrogens is 2. The van der Waals surface area contributed by atoms with E-state index in [1.807, 2.05) is 6.92 Å². The van der Waals surface area contributed by atoms with E-state index in [2.05, 4.69) is 10.3 Å². The lowest BCUT2D eigenvalue weighted by Crippen LogP contribution is -2.52. The molecule has 1 aliphatic rings. The molecule has 0 bridgehead atoms. The predicted octanol–water partition coefficient (Wildman–Crippen LogP) is 1.24. The van der Waals surface area contributed by atoms with Gasteiger partial charge >= 0.3 is 5.97 Å². The van der Waals surface area contributed by atoms with E-state index in [0.29, 0.717) is 25.4 Å². The average molecular weight is 359 g/mol. The summed E-state index contributed by atoms with van der Waals surface area (Å²) in [6.45, 7) is 2.94. The third-order valence-corrected chi connectivity index (χ3v) is 4.28. The van der Waals surface area contributed by atoms with Gasteiger partial charge in [-0.2, -0.15) is 0 Å². The summed E-state index contributed by atoms with van der Waals surface area (Å²) in [5.41, 5.74) is 0.192. The van der Waals surface area contributed by atoms with Crippen LogP contribution in [-0.4, -0.2) is 51.9 Å². The number of nitrogens with one attached hydrogen (secondary N) is 1. The standard InChI is InChI=1S/C18H21N3O5/c1-12-19-7-8-21(12)10-17(22)20-15-6-9-25-11-16(15)26-14-4-2-13(3-5-14)18(23)24/h2-5,7-8,15-16H,6,9-11H2,1H3,(H,20,22)(H,23,24)/t15-,16-/m1/s1. The number of hydrogen-bond donors (Lipinski definition) is 2. The first-order chi connectivity index (χ1) is 12.5. The molecular formula is C18H21N3O5. The maximum atomic E-state index is 12.3. The molecule has 138 valence electrons. The number of carboxylic acid groups (broad SMARTS) is 1. The highest BCUT2D eigenvalue weighted by Crippen LogP contribution is 2.19. The van der Waals surface area contributed by atoms with Crippen molar-refractivity contribution in [2.24, 2.45) is 0 Å². The minimum Gasteiger partial charge on any atom is -0.486 e. The lowest BCUT2D eigenvalue weighted by atomic mass is 10.1. The molecule has 0 radical (unpaired) electrons. The molecule has 2 aromatic rings. The molecule has 2 heterocycles.